The van der Waals surface area contributed by atoms with Crippen molar-refractivity contribution in [3.8, 4) is 0 Å². The van der Waals surface area contributed by atoms with E-state index < -0.39 is 14.3 Å². The van der Waals surface area contributed by atoms with Crippen LogP contribution in [0.2, 0.25) is 0 Å². The maximum Gasteiger partial charge on any atom is 0.237 e. The molecule has 0 spiro atoms. The van der Waals surface area contributed by atoms with E-state index in [1.807, 2.05) is 0 Å². The fourth-order valence-electron chi connectivity index (χ4n) is 2.36. The molecule has 0 bridgehead atoms. The Balaban J connectivity index is 2.06. The van der Waals surface area contributed by atoms with Crippen LogP contribution in [0.5, 0.6) is 0 Å². The summed E-state index contributed by atoms with van der Waals surface area (Å²) in [4.78, 5) is 17.7. The van der Waals surface area contributed by atoms with Crippen molar-refractivity contribution in [2.75, 3.05) is 11.4 Å². The number of para-hydroxylation sites is 1. The van der Waals surface area contributed by atoms with Gasteiger partial charge in [-0.15, -0.1) is 0 Å². The van der Waals surface area contributed by atoms with Gasteiger partial charge >= 0.3 is 0 Å². The highest BCUT2D eigenvalue weighted by Crippen LogP contribution is 2.32. The molecule has 1 atom stereocenters. The number of carbonyl (C=O) groups is 1. The first-order valence-corrected chi connectivity index (χ1v) is 8.33. The zero-order valence-electron chi connectivity index (χ0n) is 10.5. The maximum absolute atomic E-state index is 12.0. The highest BCUT2D eigenvalue weighted by atomic mass is 35.7. The fourth-order valence-corrected chi connectivity index (χ4v) is 3.39. The summed E-state index contributed by atoms with van der Waals surface area (Å²) in [6.45, 7) is 1.75. The second kappa shape index (κ2) is 4.46. The van der Waals surface area contributed by atoms with Crippen molar-refractivity contribution in [3.63, 3.8) is 0 Å². The van der Waals surface area contributed by atoms with Gasteiger partial charge in [-0.1, -0.05) is 6.07 Å². The topological polar surface area (TPSA) is 80.5 Å². The van der Waals surface area contributed by atoms with Gasteiger partial charge in [0.15, 0.2) is 11.5 Å². The predicted octanol–water partition coefficient (Wildman–Crippen LogP) is 1.81. The van der Waals surface area contributed by atoms with Crippen molar-refractivity contribution in [1.29, 1.82) is 0 Å². The maximum atomic E-state index is 12.0. The lowest BCUT2D eigenvalue weighted by atomic mass is 10.2. The summed E-state index contributed by atoms with van der Waals surface area (Å²) in [5.41, 5.74) is 1.66. The minimum absolute atomic E-state index is 0.0374. The lowest BCUT2D eigenvalue weighted by Gasteiger charge is -2.16. The second-order valence-electron chi connectivity index (χ2n) is 4.66. The number of anilines is 1. The molecule has 3 rings (SSSR count). The summed E-state index contributed by atoms with van der Waals surface area (Å²) in [7, 11) is 1.58. The number of fused-ring (bicyclic) bond motifs is 1. The SMILES string of the molecule is Cc1nc2c(N3CC(S(=O)(=O)Cl)CC3=O)cccc2o1. The summed E-state index contributed by atoms with van der Waals surface area (Å²) in [5.74, 6) is 0.202. The molecule has 2 aromatic rings. The molecule has 6 nitrogen and oxygen atoms in total. The number of oxazole rings is 1. The molecule has 2 heterocycles. The quantitative estimate of drug-likeness (QED) is 0.790. The van der Waals surface area contributed by atoms with Crippen molar-refractivity contribution < 1.29 is 17.6 Å². The van der Waals surface area contributed by atoms with E-state index in [1.54, 1.807) is 25.1 Å². The molecular formula is C12H11ClN2O4S. The van der Waals surface area contributed by atoms with Crippen LogP contribution < -0.4 is 4.90 Å². The van der Waals surface area contributed by atoms with Gasteiger partial charge in [-0.05, 0) is 12.1 Å². The summed E-state index contributed by atoms with van der Waals surface area (Å²) in [6.07, 6.45) is -0.112. The van der Waals surface area contributed by atoms with Gasteiger partial charge in [-0.2, -0.15) is 0 Å². The normalized spacial score (nSPS) is 20.0. The van der Waals surface area contributed by atoms with E-state index in [1.165, 1.54) is 4.90 Å². The number of carbonyl (C=O) groups excluding carboxylic acids is 1. The Bertz CT molecular complexity index is 799. The molecule has 1 fully saturated rings. The van der Waals surface area contributed by atoms with Gasteiger partial charge in [-0.3, -0.25) is 4.79 Å². The van der Waals surface area contributed by atoms with E-state index in [-0.39, 0.29) is 18.9 Å². The number of aromatic nitrogens is 1. The molecule has 20 heavy (non-hydrogen) atoms. The molecule has 106 valence electrons. The van der Waals surface area contributed by atoms with Crippen LogP contribution in [0.4, 0.5) is 5.69 Å². The smallest absolute Gasteiger partial charge is 0.237 e. The third-order valence-electron chi connectivity index (χ3n) is 3.28. The van der Waals surface area contributed by atoms with Crippen LogP contribution in [0, 0.1) is 6.92 Å². The first kappa shape index (κ1) is 13.4. The standard InChI is InChI=1S/C12H11ClN2O4S/c1-7-14-12-9(3-2-4-10(12)19-7)15-6-8(5-11(15)16)20(13,17)18/h2-4,8H,5-6H2,1H3. The van der Waals surface area contributed by atoms with E-state index in [4.69, 9.17) is 15.1 Å². The molecule has 0 aliphatic carbocycles. The van der Waals surface area contributed by atoms with Crippen molar-refractivity contribution in [2.24, 2.45) is 0 Å². The molecule has 8 heteroatoms. The molecule has 1 aromatic carbocycles. The highest BCUT2D eigenvalue weighted by molar-refractivity contribution is 8.14. The summed E-state index contributed by atoms with van der Waals surface area (Å²) < 4.78 is 28.2. The van der Waals surface area contributed by atoms with E-state index >= 15 is 0 Å². The van der Waals surface area contributed by atoms with Crippen molar-refractivity contribution in [2.45, 2.75) is 18.6 Å². The monoisotopic (exact) mass is 314 g/mol. The van der Waals surface area contributed by atoms with Crippen LogP contribution in [0.25, 0.3) is 11.1 Å². The van der Waals surface area contributed by atoms with Crippen LogP contribution in [-0.4, -0.2) is 31.1 Å². The van der Waals surface area contributed by atoms with Crippen molar-refractivity contribution >= 4 is 42.4 Å². The molecule has 0 N–H and O–H groups in total. The van der Waals surface area contributed by atoms with Crippen LogP contribution in [0.1, 0.15) is 12.3 Å². The van der Waals surface area contributed by atoms with Gasteiger partial charge in [0.05, 0.1) is 5.69 Å². The van der Waals surface area contributed by atoms with Gasteiger partial charge < -0.3 is 9.32 Å². The molecule has 1 saturated heterocycles. The predicted molar refractivity (Wildman–Crippen MR) is 74.3 cm³/mol. The van der Waals surface area contributed by atoms with Crippen LogP contribution in [0.15, 0.2) is 22.6 Å². The van der Waals surface area contributed by atoms with Crippen molar-refractivity contribution in [3.05, 3.63) is 24.1 Å². The molecular weight excluding hydrogens is 304 g/mol. The average Bonchev–Trinajstić information content (AvgIpc) is 2.90. The Morgan fingerprint density at radius 1 is 1.45 bits per heavy atom. The zero-order chi connectivity index (χ0) is 14.5. The summed E-state index contributed by atoms with van der Waals surface area (Å²) >= 11 is 0. The summed E-state index contributed by atoms with van der Waals surface area (Å²) in [5, 5.41) is -0.889. The Labute approximate surface area is 119 Å². The van der Waals surface area contributed by atoms with E-state index in [0.29, 0.717) is 22.7 Å². The number of nitrogens with zero attached hydrogens (tertiary/aromatic N) is 2. The van der Waals surface area contributed by atoms with Gasteiger partial charge in [-0.25, -0.2) is 13.4 Å². The van der Waals surface area contributed by atoms with Crippen LogP contribution in [-0.2, 0) is 13.8 Å². The van der Waals surface area contributed by atoms with E-state index in [2.05, 4.69) is 4.98 Å². The second-order valence-corrected chi connectivity index (χ2v) is 7.57. The van der Waals surface area contributed by atoms with Gasteiger partial charge in [0.25, 0.3) is 0 Å². The third kappa shape index (κ3) is 2.16. The van der Waals surface area contributed by atoms with Crippen LogP contribution in [0.3, 0.4) is 0 Å². The zero-order valence-corrected chi connectivity index (χ0v) is 12.1. The van der Waals surface area contributed by atoms with Crippen LogP contribution >= 0.6 is 10.7 Å². The van der Waals surface area contributed by atoms with Crippen molar-refractivity contribution in [1.82, 2.24) is 4.98 Å². The minimum atomic E-state index is -3.76. The number of amides is 1. The molecule has 1 unspecified atom stereocenters. The molecule has 1 aliphatic heterocycles. The first-order valence-electron chi connectivity index (χ1n) is 5.96. The molecule has 1 aliphatic rings. The average molecular weight is 315 g/mol. The lowest BCUT2D eigenvalue weighted by Crippen LogP contribution is -2.26. The van der Waals surface area contributed by atoms with E-state index in [0.717, 1.165) is 0 Å². The van der Waals surface area contributed by atoms with Gasteiger partial charge in [0.1, 0.15) is 10.8 Å². The highest BCUT2D eigenvalue weighted by Gasteiger charge is 2.38. The number of benzene rings is 1. The number of hydrogen-bond donors (Lipinski definition) is 0. The lowest BCUT2D eigenvalue weighted by molar-refractivity contribution is -0.117. The molecule has 1 aromatic heterocycles. The number of hydrogen-bond acceptors (Lipinski definition) is 5. The van der Waals surface area contributed by atoms with E-state index in [9.17, 15) is 13.2 Å². The van der Waals surface area contributed by atoms with Gasteiger partial charge in [0, 0.05) is 30.6 Å². The molecule has 0 saturated carbocycles. The minimum Gasteiger partial charge on any atom is -0.441 e. The number of aryl methyl sites for hydroxylation is 1. The fraction of sp³-hybridized carbons (Fsp3) is 0.333. The van der Waals surface area contributed by atoms with Gasteiger partial charge in [0.2, 0.25) is 15.0 Å². The Hall–Kier alpha value is -1.60. The largest absolute Gasteiger partial charge is 0.441 e. The Morgan fingerprint density at radius 2 is 2.20 bits per heavy atom. The number of rotatable bonds is 2. The molecule has 1 amide bonds. The number of halogens is 1. The Kier molecular flexibility index (Phi) is 2.98. The first-order chi connectivity index (χ1) is 9.36. The Morgan fingerprint density at radius 3 is 2.85 bits per heavy atom. The molecule has 0 radical (unpaired) electrons. The summed E-state index contributed by atoms with van der Waals surface area (Å²) in [6, 6.07) is 5.19. The third-order valence-corrected chi connectivity index (χ3v) is 5.15.